The molecule has 1 aromatic carbocycles. The monoisotopic (exact) mass is 320 g/mol. The van der Waals surface area contributed by atoms with Crippen LogP contribution in [0.3, 0.4) is 0 Å². The number of rotatable bonds is 2. The third kappa shape index (κ3) is 2.35. The molecule has 1 N–H and O–H groups in total. The molecule has 2 heterocycles. The number of pyridine rings is 1. The van der Waals surface area contributed by atoms with Gasteiger partial charge in [0.2, 0.25) is 0 Å². The number of benzene rings is 1. The predicted octanol–water partition coefficient (Wildman–Crippen LogP) is 3.89. The summed E-state index contributed by atoms with van der Waals surface area (Å²) in [6, 6.07) is 10.7. The van der Waals surface area contributed by atoms with Crippen molar-refractivity contribution in [2.45, 2.75) is 44.8 Å². The second kappa shape index (κ2) is 5.88. The zero-order valence-corrected chi connectivity index (χ0v) is 13.7. The van der Waals surface area contributed by atoms with E-state index in [2.05, 4.69) is 26.7 Å². The number of aliphatic hydroxyl groups excluding tert-OH is 1. The fourth-order valence-corrected chi connectivity index (χ4v) is 3.87. The number of aliphatic hydroxyl groups is 1. The molecule has 24 heavy (non-hydrogen) atoms. The molecule has 0 saturated heterocycles. The average Bonchev–Trinajstić information content (AvgIpc) is 3.02. The Morgan fingerprint density at radius 2 is 1.96 bits per heavy atom. The van der Waals surface area contributed by atoms with E-state index in [-0.39, 0.29) is 12.0 Å². The number of nitriles is 1. The number of aromatic nitrogens is 3. The van der Waals surface area contributed by atoms with Crippen molar-refractivity contribution in [2.75, 3.05) is 0 Å². The molecule has 0 amide bonds. The summed E-state index contributed by atoms with van der Waals surface area (Å²) in [6.07, 6.45) is 4.86. The first-order valence-electron chi connectivity index (χ1n) is 8.52. The minimum absolute atomic E-state index is 0.157. The minimum atomic E-state index is -0.634. The van der Waals surface area contributed by atoms with Crippen molar-refractivity contribution in [3.8, 4) is 6.07 Å². The van der Waals surface area contributed by atoms with Gasteiger partial charge in [-0.1, -0.05) is 18.2 Å². The van der Waals surface area contributed by atoms with Gasteiger partial charge in [-0.25, -0.2) is 4.98 Å². The highest BCUT2D eigenvalue weighted by Crippen LogP contribution is 2.37. The van der Waals surface area contributed by atoms with Gasteiger partial charge in [-0.05, 0) is 38.7 Å². The highest BCUT2D eigenvalue weighted by Gasteiger charge is 2.27. The van der Waals surface area contributed by atoms with Crippen LogP contribution in [0.4, 0.5) is 0 Å². The standard InChI is InChI=1S/C19H20N4O/c1-12(24)19-22-17-11-21-16-5-3-2-4-15(16)18(17)23(19)14-8-6-13(10-20)7-9-14/h2-5,11-14,24H,6-9H2,1H3/t12-,13?,14?/m1/s1. The topological polar surface area (TPSA) is 74.7 Å². The Balaban J connectivity index is 1.93. The Hall–Kier alpha value is -2.45. The zero-order valence-electron chi connectivity index (χ0n) is 13.7. The molecule has 1 aliphatic rings. The Morgan fingerprint density at radius 1 is 1.21 bits per heavy atom. The maximum absolute atomic E-state index is 10.3. The molecule has 0 aliphatic heterocycles. The van der Waals surface area contributed by atoms with Gasteiger partial charge in [0, 0.05) is 17.3 Å². The van der Waals surface area contributed by atoms with Gasteiger partial charge in [-0.15, -0.1) is 0 Å². The van der Waals surface area contributed by atoms with E-state index >= 15 is 0 Å². The number of hydrogen-bond acceptors (Lipinski definition) is 4. The van der Waals surface area contributed by atoms with Crippen molar-refractivity contribution in [1.82, 2.24) is 14.5 Å². The van der Waals surface area contributed by atoms with Gasteiger partial charge in [0.15, 0.2) is 0 Å². The van der Waals surface area contributed by atoms with Gasteiger partial charge in [0.1, 0.15) is 17.4 Å². The second-order valence-electron chi connectivity index (χ2n) is 6.66. The van der Waals surface area contributed by atoms with Crippen molar-refractivity contribution in [1.29, 1.82) is 5.26 Å². The van der Waals surface area contributed by atoms with Crippen molar-refractivity contribution < 1.29 is 5.11 Å². The lowest BCUT2D eigenvalue weighted by atomic mass is 9.86. The molecule has 0 radical (unpaired) electrons. The summed E-state index contributed by atoms with van der Waals surface area (Å²) < 4.78 is 2.21. The van der Waals surface area contributed by atoms with E-state index in [0.717, 1.165) is 47.6 Å². The van der Waals surface area contributed by atoms with Crippen LogP contribution in [-0.2, 0) is 0 Å². The smallest absolute Gasteiger partial charge is 0.138 e. The van der Waals surface area contributed by atoms with Gasteiger partial charge >= 0.3 is 0 Å². The number of imidazole rings is 1. The number of hydrogen-bond donors (Lipinski definition) is 1. The first kappa shape index (κ1) is 15.1. The van der Waals surface area contributed by atoms with Crippen molar-refractivity contribution >= 4 is 21.9 Å². The molecular formula is C19H20N4O. The highest BCUT2D eigenvalue weighted by molar-refractivity contribution is 6.02. The first-order valence-corrected chi connectivity index (χ1v) is 8.52. The molecule has 1 fully saturated rings. The van der Waals surface area contributed by atoms with Gasteiger partial charge in [0.25, 0.3) is 0 Å². The van der Waals surface area contributed by atoms with Crippen molar-refractivity contribution in [3.05, 3.63) is 36.3 Å². The SMILES string of the molecule is C[C@@H](O)c1nc2cnc3ccccc3c2n1C1CCC(C#N)CC1. The van der Waals surface area contributed by atoms with E-state index in [4.69, 9.17) is 5.26 Å². The fraction of sp³-hybridized carbons (Fsp3) is 0.421. The minimum Gasteiger partial charge on any atom is -0.385 e. The molecule has 5 nitrogen and oxygen atoms in total. The molecule has 0 spiro atoms. The van der Waals surface area contributed by atoms with Crippen LogP contribution in [0.25, 0.3) is 21.9 Å². The Kier molecular flexibility index (Phi) is 3.70. The molecule has 3 aromatic rings. The second-order valence-corrected chi connectivity index (χ2v) is 6.66. The molecular weight excluding hydrogens is 300 g/mol. The summed E-state index contributed by atoms with van der Waals surface area (Å²) in [6.45, 7) is 1.76. The Morgan fingerprint density at radius 3 is 2.67 bits per heavy atom. The van der Waals surface area contributed by atoms with Crippen molar-refractivity contribution in [2.24, 2.45) is 5.92 Å². The maximum atomic E-state index is 10.3. The number of nitrogens with zero attached hydrogens (tertiary/aromatic N) is 4. The van der Waals surface area contributed by atoms with Crippen LogP contribution in [-0.4, -0.2) is 19.6 Å². The fourth-order valence-electron chi connectivity index (χ4n) is 3.87. The van der Waals surface area contributed by atoms with Crippen LogP contribution >= 0.6 is 0 Å². The number of fused-ring (bicyclic) bond motifs is 3. The Bertz CT molecular complexity index is 930. The van der Waals surface area contributed by atoms with Gasteiger partial charge in [-0.3, -0.25) is 4.98 Å². The molecule has 4 rings (SSSR count). The van der Waals surface area contributed by atoms with E-state index in [1.807, 2.05) is 18.2 Å². The lowest BCUT2D eigenvalue weighted by Crippen LogP contribution is -2.20. The molecule has 1 aliphatic carbocycles. The van der Waals surface area contributed by atoms with Crippen LogP contribution in [0.15, 0.2) is 30.5 Å². The van der Waals surface area contributed by atoms with Crippen LogP contribution in [0, 0.1) is 17.2 Å². The van der Waals surface area contributed by atoms with Crippen LogP contribution in [0.5, 0.6) is 0 Å². The van der Waals surface area contributed by atoms with E-state index in [9.17, 15) is 5.11 Å². The summed E-state index contributed by atoms with van der Waals surface area (Å²) in [5, 5.41) is 20.5. The molecule has 122 valence electrons. The summed E-state index contributed by atoms with van der Waals surface area (Å²) in [5.41, 5.74) is 2.82. The number of para-hydroxylation sites is 1. The third-order valence-electron chi connectivity index (χ3n) is 5.07. The predicted molar refractivity (Wildman–Crippen MR) is 92.3 cm³/mol. The lowest BCUT2D eigenvalue weighted by Gasteiger charge is -2.28. The zero-order chi connectivity index (χ0) is 16.7. The quantitative estimate of drug-likeness (QED) is 0.777. The van der Waals surface area contributed by atoms with Crippen LogP contribution in [0.1, 0.15) is 50.6 Å². The first-order chi connectivity index (χ1) is 11.7. The van der Waals surface area contributed by atoms with Crippen molar-refractivity contribution in [3.63, 3.8) is 0 Å². The van der Waals surface area contributed by atoms with E-state index in [1.165, 1.54) is 0 Å². The Labute approximate surface area is 140 Å². The van der Waals surface area contributed by atoms with E-state index in [0.29, 0.717) is 5.82 Å². The molecule has 2 aromatic heterocycles. The molecule has 5 heteroatoms. The highest BCUT2D eigenvalue weighted by atomic mass is 16.3. The average molecular weight is 320 g/mol. The van der Waals surface area contributed by atoms with E-state index < -0.39 is 6.10 Å². The van der Waals surface area contributed by atoms with Crippen LogP contribution in [0.2, 0.25) is 0 Å². The molecule has 1 atom stereocenters. The summed E-state index contributed by atoms with van der Waals surface area (Å²) in [5.74, 6) is 0.855. The van der Waals surface area contributed by atoms with Gasteiger partial charge in [0.05, 0.1) is 23.3 Å². The van der Waals surface area contributed by atoms with E-state index in [1.54, 1.807) is 13.1 Å². The molecule has 0 bridgehead atoms. The summed E-state index contributed by atoms with van der Waals surface area (Å²) in [4.78, 5) is 9.16. The normalized spacial score (nSPS) is 22.5. The third-order valence-corrected chi connectivity index (χ3v) is 5.07. The van der Waals surface area contributed by atoms with Gasteiger partial charge in [-0.2, -0.15) is 5.26 Å². The van der Waals surface area contributed by atoms with Gasteiger partial charge < -0.3 is 9.67 Å². The largest absolute Gasteiger partial charge is 0.385 e. The summed E-state index contributed by atoms with van der Waals surface area (Å²) >= 11 is 0. The maximum Gasteiger partial charge on any atom is 0.138 e. The van der Waals surface area contributed by atoms with Crippen LogP contribution < -0.4 is 0 Å². The summed E-state index contributed by atoms with van der Waals surface area (Å²) in [7, 11) is 0. The lowest BCUT2D eigenvalue weighted by molar-refractivity contribution is 0.177. The molecule has 1 saturated carbocycles. The molecule has 0 unspecified atom stereocenters.